The van der Waals surface area contributed by atoms with E-state index in [1.54, 1.807) is 0 Å². The molecule has 0 aromatic carbocycles. The van der Waals surface area contributed by atoms with Crippen molar-refractivity contribution in [1.82, 2.24) is 5.32 Å². The van der Waals surface area contributed by atoms with Gasteiger partial charge >= 0.3 is 5.97 Å². The van der Waals surface area contributed by atoms with E-state index in [9.17, 15) is 9.59 Å². The molecule has 1 fully saturated rings. The molecule has 0 aliphatic heterocycles. The Bertz CT molecular complexity index is 255. The maximum atomic E-state index is 10.9. The summed E-state index contributed by atoms with van der Waals surface area (Å²) in [5.74, 6) is -0.611. The maximum Gasteiger partial charge on any atom is 0.306 e. The first-order valence-electron chi connectivity index (χ1n) is 5.26. The van der Waals surface area contributed by atoms with E-state index in [1.165, 1.54) is 6.08 Å². The normalized spacial score (nSPS) is 25.6. The molecule has 84 valence electrons. The zero-order valence-corrected chi connectivity index (χ0v) is 8.74. The van der Waals surface area contributed by atoms with Crippen molar-refractivity contribution < 1.29 is 14.7 Å². The Balaban J connectivity index is 2.23. The van der Waals surface area contributed by atoms with Gasteiger partial charge in [0.25, 0.3) is 0 Å². The van der Waals surface area contributed by atoms with Crippen LogP contribution in [0.25, 0.3) is 0 Å². The maximum absolute atomic E-state index is 10.9. The van der Waals surface area contributed by atoms with Crippen LogP contribution < -0.4 is 5.32 Å². The fraction of sp³-hybridized carbons (Fsp3) is 0.636. The van der Waals surface area contributed by atoms with Gasteiger partial charge in [0.1, 0.15) is 0 Å². The summed E-state index contributed by atoms with van der Waals surface area (Å²) in [5, 5.41) is 11.5. The van der Waals surface area contributed by atoms with Crippen molar-refractivity contribution in [3.8, 4) is 0 Å². The van der Waals surface area contributed by atoms with Crippen molar-refractivity contribution in [2.45, 2.75) is 25.7 Å². The van der Waals surface area contributed by atoms with E-state index < -0.39 is 5.97 Å². The van der Waals surface area contributed by atoms with Crippen LogP contribution in [-0.4, -0.2) is 23.5 Å². The van der Waals surface area contributed by atoms with Gasteiger partial charge in [0.15, 0.2) is 0 Å². The largest absolute Gasteiger partial charge is 0.481 e. The first-order chi connectivity index (χ1) is 7.13. The van der Waals surface area contributed by atoms with Crippen molar-refractivity contribution in [1.29, 1.82) is 0 Å². The summed E-state index contributed by atoms with van der Waals surface area (Å²) < 4.78 is 0. The number of aliphatic carboxylic acids is 1. The highest BCUT2D eigenvalue weighted by Gasteiger charge is 2.25. The minimum absolute atomic E-state index is 0.157. The molecule has 0 bridgehead atoms. The molecule has 2 N–H and O–H groups in total. The molecule has 0 aromatic heterocycles. The Morgan fingerprint density at radius 3 is 2.40 bits per heavy atom. The number of hydrogen-bond donors (Lipinski definition) is 2. The second-order valence-corrected chi connectivity index (χ2v) is 4.01. The Morgan fingerprint density at radius 1 is 1.33 bits per heavy atom. The molecule has 15 heavy (non-hydrogen) atoms. The standard InChI is InChI=1S/C11H17NO3/c1-2-10(13)12-7-8-3-5-9(6-4-8)11(14)15/h2,8-9H,1,3-7H2,(H,12,13)(H,14,15). The molecule has 0 saturated heterocycles. The SMILES string of the molecule is C=CC(=O)NCC1CCC(C(=O)O)CC1. The molecule has 1 aliphatic carbocycles. The zero-order valence-electron chi connectivity index (χ0n) is 8.74. The molecule has 1 rings (SSSR count). The van der Waals surface area contributed by atoms with Gasteiger partial charge in [-0.05, 0) is 37.7 Å². The van der Waals surface area contributed by atoms with Crippen LogP contribution >= 0.6 is 0 Å². The average Bonchev–Trinajstić information content (AvgIpc) is 2.26. The first-order valence-corrected chi connectivity index (χ1v) is 5.26. The Hall–Kier alpha value is -1.32. The zero-order chi connectivity index (χ0) is 11.3. The third-order valence-electron chi connectivity index (χ3n) is 2.95. The number of carboxylic acid groups (broad SMARTS) is 1. The quantitative estimate of drug-likeness (QED) is 0.686. The van der Waals surface area contributed by atoms with Crippen LogP contribution in [0.4, 0.5) is 0 Å². The van der Waals surface area contributed by atoms with Crippen LogP contribution in [0.1, 0.15) is 25.7 Å². The predicted molar refractivity (Wildman–Crippen MR) is 56.3 cm³/mol. The molecule has 0 unspecified atom stereocenters. The number of nitrogens with one attached hydrogen (secondary N) is 1. The van der Waals surface area contributed by atoms with Gasteiger partial charge in [0.05, 0.1) is 5.92 Å². The summed E-state index contributed by atoms with van der Waals surface area (Å²) in [6.45, 7) is 4.01. The molecule has 1 amide bonds. The molecule has 1 saturated carbocycles. The van der Waals surface area contributed by atoms with Crippen LogP contribution in [-0.2, 0) is 9.59 Å². The molecule has 0 spiro atoms. The van der Waals surface area contributed by atoms with Crippen LogP contribution in [0.3, 0.4) is 0 Å². The highest BCUT2D eigenvalue weighted by molar-refractivity contribution is 5.86. The van der Waals surface area contributed by atoms with Gasteiger partial charge in [-0.15, -0.1) is 0 Å². The van der Waals surface area contributed by atoms with Crippen molar-refractivity contribution in [2.75, 3.05) is 6.54 Å². The molecule has 0 radical (unpaired) electrons. The van der Waals surface area contributed by atoms with Gasteiger partial charge in [0, 0.05) is 6.54 Å². The lowest BCUT2D eigenvalue weighted by Gasteiger charge is -2.25. The van der Waals surface area contributed by atoms with Crippen molar-refractivity contribution in [3.63, 3.8) is 0 Å². The van der Waals surface area contributed by atoms with E-state index in [0.717, 1.165) is 25.7 Å². The third kappa shape index (κ3) is 3.73. The number of carboxylic acids is 1. The number of rotatable bonds is 4. The van der Waals surface area contributed by atoms with Gasteiger partial charge in [0.2, 0.25) is 5.91 Å². The molecule has 1 aliphatic rings. The van der Waals surface area contributed by atoms with Gasteiger partial charge in [-0.3, -0.25) is 9.59 Å². The van der Waals surface area contributed by atoms with E-state index >= 15 is 0 Å². The minimum Gasteiger partial charge on any atom is -0.481 e. The molecule has 4 heteroatoms. The van der Waals surface area contributed by atoms with Gasteiger partial charge in [-0.1, -0.05) is 6.58 Å². The van der Waals surface area contributed by atoms with E-state index in [1.807, 2.05) is 0 Å². The van der Waals surface area contributed by atoms with E-state index in [4.69, 9.17) is 5.11 Å². The van der Waals surface area contributed by atoms with Gasteiger partial charge in [-0.25, -0.2) is 0 Å². The van der Waals surface area contributed by atoms with E-state index in [2.05, 4.69) is 11.9 Å². The minimum atomic E-state index is -0.691. The third-order valence-corrected chi connectivity index (χ3v) is 2.95. The van der Waals surface area contributed by atoms with E-state index in [-0.39, 0.29) is 11.8 Å². The van der Waals surface area contributed by atoms with Gasteiger partial charge < -0.3 is 10.4 Å². The van der Waals surface area contributed by atoms with Gasteiger partial charge in [-0.2, -0.15) is 0 Å². The highest BCUT2D eigenvalue weighted by Crippen LogP contribution is 2.28. The summed E-state index contributed by atoms with van der Waals surface area (Å²) in [6.07, 6.45) is 4.47. The van der Waals surface area contributed by atoms with E-state index in [0.29, 0.717) is 12.5 Å². The topological polar surface area (TPSA) is 66.4 Å². The van der Waals surface area contributed by atoms with Crippen molar-refractivity contribution >= 4 is 11.9 Å². The summed E-state index contributed by atoms with van der Waals surface area (Å²) in [4.78, 5) is 21.6. The lowest BCUT2D eigenvalue weighted by Crippen LogP contribution is -2.31. The molecule has 0 atom stereocenters. The molecular formula is C11H17NO3. The molecule has 4 nitrogen and oxygen atoms in total. The monoisotopic (exact) mass is 211 g/mol. The second kappa shape index (κ2) is 5.53. The predicted octanol–water partition coefficient (Wildman–Crippen LogP) is 1.18. The van der Waals surface area contributed by atoms with Crippen molar-refractivity contribution in [2.24, 2.45) is 11.8 Å². The first kappa shape index (κ1) is 11.8. The summed E-state index contributed by atoms with van der Waals surface area (Å²) in [7, 11) is 0. The smallest absolute Gasteiger partial charge is 0.306 e. The van der Waals surface area contributed by atoms with Crippen LogP contribution in [0.2, 0.25) is 0 Å². The highest BCUT2D eigenvalue weighted by atomic mass is 16.4. The fourth-order valence-electron chi connectivity index (χ4n) is 1.93. The second-order valence-electron chi connectivity index (χ2n) is 4.01. The summed E-state index contributed by atoms with van der Waals surface area (Å²) in [5.41, 5.74) is 0. The number of hydrogen-bond acceptors (Lipinski definition) is 2. The Morgan fingerprint density at radius 2 is 1.93 bits per heavy atom. The van der Waals surface area contributed by atoms with Crippen LogP contribution in [0.5, 0.6) is 0 Å². The Kier molecular flexibility index (Phi) is 4.34. The number of carbonyl (C=O) groups excluding carboxylic acids is 1. The summed E-state index contributed by atoms with van der Waals surface area (Å²) >= 11 is 0. The van der Waals surface area contributed by atoms with Crippen LogP contribution in [0, 0.1) is 11.8 Å². The average molecular weight is 211 g/mol. The molecule has 0 heterocycles. The van der Waals surface area contributed by atoms with Crippen LogP contribution in [0.15, 0.2) is 12.7 Å². The fourth-order valence-corrected chi connectivity index (χ4v) is 1.93. The lowest BCUT2D eigenvalue weighted by molar-refractivity contribution is -0.143. The molecular weight excluding hydrogens is 194 g/mol. The summed E-state index contributed by atoms with van der Waals surface area (Å²) in [6, 6.07) is 0. The number of amides is 1. The number of carbonyl (C=O) groups is 2. The van der Waals surface area contributed by atoms with Crippen molar-refractivity contribution in [3.05, 3.63) is 12.7 Å². The Labute approximate surface area is 89.4 Å². The lowest BCUT2D eigenvalue weighted by atomic mass is 9.82. The molecule has 0 aromatic rings.